The maximum Gasteiger partial charge on any atom is 0.312 e. The molecule has 136 valence electrons. The molecular weight excluding hydrogens is 334 g/mol. The summed E-state index contributed by atoms with van der Waals surface area (Å²) in [6.45, 7) is 1.82. The molecule has 26 heavy (non-hydrogen) atoms. The zero-order chi connectivity index (χ0) is 18.7. The van der Waals surface area contributed by atoms with Crippen molar-refractivity contribution in [3.8, 4) is 5.75 Å². The Morgan fingerprint density at radius 2 is 1.62 bits per heavy atom. The smallest absolute Gasteiger partial charge is 0.312 e. The van der Waals surface area contributed by atoms with E-state index >= 15 is 0 Å². The molecule has 1 aromatic carbocycles. The van der Waals surface area contributed by atoms with Crippen molar-refractivity contribution in [2.75, 3.05) is 6.54 Å². The van der Waals surface area contributed by atoms with Gasteiger partial charge < -0.3 is 4.74 Å². The van der Waals surface area contributed by atoms with Crippen molar-refractivity contribution in [2.24, 2.45) is 11.8 Å². The van der Waals surface area contributed by atoms with Crippen LogP contribution in [0.5, 0.6) is 5.75 Å². The fraction of sp³-hybridized carbons (Fsp3) is 0.400. The Balaban J connectivity index is 1.53. The van der Waals surface area contributed by atoms with Gasteiger partial charge in [0.15, 0.2) is 5.78 Å². The van der Waals surface area contributed by atoms with E-state index in [4.69, 9.17) is 4.74 Å². The summed E-state index contributed by atoms with van der Waals surface area (Å²) in [5, 5.41) is 0. The molecule has 1 aromatic rings. The Bertz CT molecular complexity index is 739. The van der Waals surface area contributed by atoms with Crippen LogP contribution < -0.4 is 4.74 Å². The lowest BCUT2D eigenvalue weighted by molar-refractivity contribution is -0.141. The van der Waals surface area contributed by atoms with Crippen LogP contribution in [0.3, 0.4) is 0 Å². The minimum Gasteiger partial charge on any atom is -0.426 e. The zero-order valence-electron chi connectivity index (χ0n) is 14.6. The maximum atomic E-state index is 12.3. The van der Waals surface area contributed by atoms with E-state index in [1.54, 1.807) is 31.2 Å². The second kappa shape index (κ2) is 7.64. The number of rotatable bonds is 6. The lowest BCUT2D eigenvalue weighted by Gasteiger charge is -2.14. The van der Waals surface area contributed by atoms with Gasteiger partial charge in [-0.15, -0.1) is 0 Å². The Labute approximate surface area is 151 Å². The molecule has 1 aliphatic carbocycles. The van der Waals surface area contributed by atoms with Gasteiger partial charge in [-0.2, -0.15) is 0 Å². The van der Waals surface area contributed by atoms with Gasteiger partial charge in [0.25, 0.3) is 0 Å². The van der Waals surface area contributed by atoms with Crippen LogP contribution in [0.4, 0.5) is 0 Å². The van der Waals surface area contributed by atoms with Crippen LogP contribution in [0, 0.1) is 11.8 Å². The highest BCUT2D eigenvalue weighted by Crippen LogP contribution is 2.35. The van der Waals surface area contributed by atoms with Crippen LogP contribution in [-0.4, -0.2) is 35.0 Å². The van der Waals surface area contributed by atoms with Gasteiger partial charge in [0.1, 0.15) is 5.75 Å². The van der Waals surface area contributed by atoms with Crippen LogP contribution in [0.15, 0.2) is 36.4 Å². The number of likely N-dealkylation sites (tertiary alicyclic amines) is 1. The van der Waals surface area contributed by atoms with Gasteiger partial charge in [-0.1, -0.05) is 19.1 Å². The third kappa shape index (κ3) is 3.59. The number of ketones is 1. The van der Waals surface area contributed by atoms with Crippen molar-refractivity contribution in [2.45, 2.75) is 32.6 Å². The molecule has 2 aliphatic rings. The molecule has 1 fully saturated rings. The number of Topliss-reactive ketones (excluding diaryl/α,β-unsaturated/α-hetero) is 1. The van der Waals surface area contributed by atoms with Gasteiger partial charge in [0.2, 0.25) is 11.8 Å². The summed E-state index contributed by atoms with van der Waals surface area (Å²) in [6, 6.07) is 6.35. The fourth-order valence-corrected chi connectivity index (χ4v) is 3.39. The molecule has 6 nitrogen and oxygen atoms in total. The molecule has 0 unspecified atom stereocenters. The lowest BCUT2D eigenvalue weighted by atomic mass is 9.85. The second-order valence-electron chi connectivity index (χ2n) is 6.51. The summed E-state index contributed by atoms with van der Waals surface area (Å²) in [4.78, 5) is 49.5. The number of hydrogen-bond donors (Lipinski definition) is 0. The molecule has 1 saturated heterocycles. The van der Waals surface area contributed by atoms with Crippen LogP contribution in [-0.2, 0) is 14.4 Å². The van der Waals surface area contributed by atoms with Crippen LogP contribution in [0.25, 0.3) is 0 Å². The van der Waals surface area contributed by atoms with Crippen LogP contribution >= 0.6 is 0 Å². The number of imide groups is 1. The molecule has 0 N–H and O–H groups in total. The highest BCUT2D eigenvalue weighted by molar-refractivity contribution is 6.05. The van der Waals surface area contributed by atoms with Crippen molar-refractivity contribution in [3.63, 3.8) is 0 Å². The zero-order valence-corrected chi connectivity index (χ0v) is 14.6. The van der Waals surface area contributed by atoms with Crippen molar-refractivity contribution in [1.82, 2.24) is 4.90 Å². The quantitative estimate of drug-likeness (QED) is 0.257. The second-order valence-corrected chi connectivity index (χ2v) is 6.51. The van der Waals surface area contributed by atoms with Crippen LogP contribution in [0.1, 0.15) is 43.0 Å². The van der Waals surface area contributed by atoms with Gasteiger partial charge in [-0.05, 0) is 37.1 Å². The summed E-state index contributed by atoms with van der Waals surface area (Å²) >= 11 is 0. The SMILES string of the molecule is CCC(=O)c1ccc(OC(=O)CCN2C(=O)[C@H]3CC=CC[C@@H]3C2=O)cc1. The summed E-state index contributed by atoms with van der Waals surface area (Å²) < 4.78 is 5.22. The van der Waals surface area contributed by atoms with Gasteiger partial charge >= 0.3 is 5.97 Å². The molecule has 1 heterocycles. The number of allylic oxidation sites excluding steroid dienone is 2. The van der Waals surface area contributed by atoms with Gasteiger partial charge in [0.05, 0.1) is 18.3 Å². The Morgan fingerprint density at radius 1 is 1.04 bits per heavy atom. The number of ether oxygens (including phenoxy) is 1. The van der Waals surface area contributed by atoms with Crippen molar-refractivity contribution < 1.29 is 23.9 Å². The average Bonchev–Trinajstić information content (AvgIpc) is 2.91. The summed E-state index contributed by atoms with van der Waals surface area (Å²) in [6.07, 6.45) is 5.38. The third-order valence-corrected chi connectivity index (χ3v) is 4.87. The van der Waals surface area contributed by atoms with Crippen molar-refractivity contribution >= 4 is 23.6 Å². The molecule has 0 aromatic heterocycles. The molecule has 2 amide bonds. The first kappa shape index (κ1) is 18.0. The topological polar surface area (TPSA) is 80.8 Å². The minimum atomic E-state index is -0.520. The van der Waals surface area contributed by atoms with E-state index in [0.29, 0.717) is 30.6 Å². The molecule has 3 rings (SSSR count). The molecule has 0 radical (unpaired) electrons. The number of amides is 2. The molecule has 0 saturated carbocycles. The Kier molecular flexibility index (Phi) is 5.30. The first-order valence-corrected chi connectivity index (χ1v) is 8.85. The predicted octanol–water partition coefficient (Wildman–Crippen LogP) is 2.53. The molecule has 6 heteroatoms. The molecular formula is C20H21NO5. The highest BCUT2D eigenvalue weighted by Gasteiger charge is 2.46. The van der Waals surface area contributed by atoms with E-state index in [2.05, 4.69) is 0 Å². The van der Waals surface area contributed by atoms with Gasteiger partial charge in [-0.25, -0.2) is 0 Å². The molecule has 1 aliphatic heterocycles. The normalized spacial score (nSPS) is 21.7. The third-order valence-electron chi connectivity index (χ3n) is 4.87. The van der Waals surface area contributed by atoms with Gasteiger partial charge in [-0.3, -0.25) is 24.1 Å². The monoisotopic (exact) mass is 355 g/mol. The number of fused-ring (bicyclic) bond motifs is 1. The first-order chi connectivity index (χ1) is 12.5. The number of carbonyl (C=O) groups is 4. The van der Waals surface area contributed by atoms with E-state index in [1.165, 1.54) is 4.90 Å². The summed E-state index contributed by atoms with van der Waals surface area (Å²) in [5.41, 5.74) is 0.566. The number of carbonyl (C=O) groups excluding carboxylic acids is 4. The maximum absolute atomic E-state index is 12.3. The number of nitrogens with zero attached hydrogens (tertiary/aromatic N) is 1. The largest absolute Gasteiger partial charge is 0.426 e. The van der Waals surface area contributed by atoms with Crippen LogP contribution in [0.2, 0.25) is 0 Å². The first-order valence-electron chi connectivity index (χ1n) is 8.85. The molecule has 0 spiro atoms. The Morgan fingerprint density at radius 3 is 2.15 bits per heavy atom. The van der Waals surface area contributed by atoms with E-state index < -0.39 is 5.97 Å². The van der Waals surface area contributed by atoms with E-state index in [-0.39, 0.29) is 42.4 Å². The van der Waals surface area contributed by atoms with Crippen molar-refractivity contribution in [1.29, 1.82) is 0 Å². The highest BCUT2D eigenvalue weighted by atomic mass is 16.5. The predicted molar refractivity (Wildman–Crippen MR) is 93.4 cm³/mol. The molecule has 2 atom stereocenters. The van der Waals surface area contributed by atoms with Crippen molar-refractivity contribution in [3.05, 3.63) is 42.0 Å². The Hall–Kier alpha value is -2.76. The fourth-order valence-electron chi connectivity index (χ4n) is 3.39. The lowest BCUT2D eigenvalue weighted by Crippen LogP contribution is -2.33. The van der Waals surface area contributed by atoms with E-state index in [1.807, 2.05) is 12.2 Å². The number of benzene rings is 1. The standard InChI is InChI=1S/C20H21NO5/c1-2-17(22)13-7-9-14(10-8-13)26-18(23)11-12-21-19(24)15-5-3-4-6-16(15)20(21)25/h3-4,7-10,15-16H,2,5-6,11-12H2,1H3/t15-,16-/m0/s1. The number of hydrogen-bond acceptors (Lipinski definition) is 5. The van der Waals surface area contributed by atoms with E-state index in [0.717, 1.165) is 0 Å². The molecule has 0 bridgehead atoms. The summed E-state index contributed by atoms with van der Waals surface area (Å²) in [7, 11) is 0. The number of esters is 1. The van der Waals surface area contributed by atoms with Gasteiger partial charge in [0, 0.05) is 18.5 Å². The minimum absolute atomic E-state index is 0.0184. The van der Waals surface area contributed by atoms with E-state index in [9.17, 15) is 19.2 Å². The average molecular weight is 355 g/mol. The summed E-state index contributed by atoms with van der Waals surface area (Å²) in [5.74, 6) is -1.13.